The molecule has 1 fully saturated rings. The van der Waals surface area contributed by atoms with Crippen LogP contribution in [0.15, 0.2) is 5.11 Å². The molecule has 0 bridgehead atoms. The van der Waals surface area contributed by atoms with Gasteiger partial charge in [-0.15, -0.1) is 0 Å². The molecule has 0 aromatic carbocycles. The Labute approximate surface area is 88.8 Å². The van der Waals surface area contributed by atoms with Crippen LogP contribution in [0.1, 0.15) is 27.2 Å². The van der Waals surface area contributed by atoms with Crippen LogP contribution >= 0.6 is 0 Å². The van der Waals surface area contributed by atoms with Crippen LogP contribution in [-0.2, 0) is 4.74 Å². The molecule has 1 aliphatic rings. The van der Waals surface area contributed by atoms with Gasteiger partial charge in [-0.1, -0.05) is 5.11 Å². The Hall–Kier alpha value is -1.42. The van der Waals surface area contributed by atoms with Gasteiger partial charge in [0.1, 0.15) is 5.60 Å². The van der Waals surface area contributed by atoms with Crippen molar-refractivity contribution in [1.82, 2.24) is 4.90 Å². The maximum absolute atomic E-state index is 11.6. The molecule has 0 spiro atoms. The first kappa shape index (κ1) is 11.7. The van der Waals surface area contributed by atoms with E-state index in [9.17, 15) is 4.79 Å². The van der Waals surface area contributed by atoms with Crippen molar-refractivity contribution in [3.05, 3.63) is 10.4 Å². The van der Waals surface area contributed by atoms with Gasteiger partial charge in [-0.05, 0) is 32.7 Å². The van der Waals surface area contributed by atoms with Crippen molar-refractivity contribution in [2.45, 2.75) is 38.8 Å². The predicted octanol–water partition coefficient (Wildman–Crippen LogP) is 2.31. The summed E-state index contributed by atoms with van der Waals surface area (Å²) in [4.78, 5) is 15.9. The minimum atomic E-state index is -0.479. The summed E-state index contributed by atoms with van der Waals surface area (Å²) in [5.41, 5.74) is 7.78. The second-order valence-electron chi connectivity index (χ2n) is 4.57. The van der Waals surface area contributed by atoms with Gasteiger partial charge in [0.05, 0.1) is 6.04 Å². The van der Waals surface area contributed by atoms with E-state index in [1.54, 1.807) is 4.90 Å². The highest BCUT2D eigenvalue weighted by Crippen LogP contribution is 2.16. The number of hydrogen-bond acceptors (Lipinski definition) is 3. The molecule has 0 radical (unpaired) electrons. The predicted molar refractivity (Wildman–Crippen MR) is 55.4 cm³/mol. The average molecular weight is 212 g/mol. The third kappa shape index (κ3) is 3.67. The molecule has 6 heteroatoms. The molecule has 1 amide bonds. The Morgan fingerprint density at radius 2 is 2.27 bits per heavy atom. The molecule has 84 valence electrons. The van der Waals surface area contributed by atoms with Crippen molar-refractivity contribution in [2.75, 3.05) is 13.1 Å². The summed E-state index contributed by atoms with van der Waals surface area (Å²) in [7, 11) is 0. The second kappa shape index (κ2) is 4.40. The first-order chi connectivity index (χ1) is 6.92. The summed E-state index contributed by atoms with van der Waals surface area (Å²) < 4.78 is 5.20. The highest BCUT2D eigenvalue weighted by Gasteiger charge is 2.28. The Balaban J connectivity index is 2.47. The number of carbonyl (C=O) groups excluding carboxylic acids is 1. The van der Waals surface area contributed by atoms with Crippen LogP contribution in [0, 0.1) is 0 Å². The smallest absolute Gasteiger partial charge is 0.410 e. The summed E-state index contributed by atoms with van der Waals surface area (Å²) in [6.07, 6.45) is 0.377. The maximum Gasteiger partial charge on any atom is 0.410 e. The quantitative estimate of drug-likeness (QED) is 0.380. The lowest BCUT2D eigenvalue weighted by atomic mass is 10.2. The highest BCUT2D eigenvalue weighted by atomic mass is 16.6. The van der Waals surface area contributed by atoms with E-state index in [1.807, 2.05) is 20.8 Å². The number of amides is 1. The van der Waals surface area contributed by atoms with Crippen molar-refractivity contribution < 1.29 is 9.53 Å². The van der Waals surface area contributed by atoms with Crippen LogP contribution in [0.4, 0.5) is 4.79 Å². The van der Waals surface area contributed by atoms with Crippen LogP contribution in [0.3, 0.4) is 0 Å². The zero-order valence-corrected chi connectivity index (χ0v) is 9.30. The molecule has 0 saturated carbocycles. The minimum Gasteiger partial charge on any atom is -0.444 e. The van der Waals surface area contributed by atoms with Crippen molar-refractivity contribution in [3.8, 4) is 0 Å². The van der Waals surface area contributed by atoms with E-state index in [4.69, 9.17) is 10.3 Å². The molecule has 1 heterocycles. The number of nitrogens with zero attached hydrogens (tertiary/aromatic N) is 4. The standard InChI is InChI=1S/C9H16N4O2/c1-9(2,3)15-8(14)13-5-4-7(6-13)11-12-10/h7H,4-6H2,1-3H3/t7-/m0/s1. The van der Waals surface area contributed by atoms with E-state index in [-0.39, 0.29) is 12.1 Å². The molecule has 1 atom stereocenters. The molecule has 6 nitrogen and oxygen atoms in total. The third-order valence-electron chi connectivity index (χ3n) is 2.03. The lowest BCUT2D eigenvalue weighted by Gasteiger charge is -2.24. The maximum atomic E-state index is 11.6. The zero-order valence-electron chi connectivity index (χ0n) is 9.30. The molecule has 0 aromatic heterocycles. The normalized spacial score (nSPS) is 21.0. The SMILES string of the molecule is CC(C)(C)OC(=O)N1CC[C@H](N=[N+]=[N-])C1. The van der Waals surface area contributed by atoms with E-state index < -0.39 is 5.60 Å². The van der Waals surface area contributed by atoms with E-state index in [1.165, 1.54) is 0 Å². The Kier molecular flexibility index (Phi) is 3.42. The van der Waals surface area contributed by atoms with Crippen LogP contribution in [0.25, 0.3) is 10.4 Å². The Morgan fingerprint density at radius 3 is 2.80 bits per heavy atom. The summed E-state index contributed by atoms with van der Waals surface area (Å²) in [5, 5.41) is 3.58. The summed E-state index contributed by atoms with van der Waals surface area (Å²) in [5.74, 6) is 0. The van der Waals surface area contributed by atoms with Crippen molar-refractivity contribution >= 4 is 6.09 Å². The Morgan fingerprint density at radius 1 is 1.60 bits per heavy atom. The summed E-state index contributed by atoms with van der Waals surface area (Å²) in [6, 6.07) is -0.109. The molecular weight excluding hydrogens is 196 g/mol. The van der Waals surface area contributed by atoms with Crippen molar-refractivity contribution in [2.24, 2.45) is 5.11 Å². The number of ether oxygens (including phenoxy) is 1. The molecule has 0 N–H and O–H groups in total. The summed E-state index contributed by atoms with van der Waals surface area (Å²) in [6.45, 7) is 6.53. The second-order valence-corrected chi connectivity index (χ2v) is 4.57. The van der Waals surface area contributed by atoms with E-state index >= 15 is 0 Å². The van der Waals surface area contributed by atoms with E-state index in [0.717, 1.165) is 0 Å². The van der Waals surface area contributed by atoms with E-state index in [2.05, 4.69) is 10.0 Å². The molecule has 1 aliphatic heterocycles. The highest BCUT2D eigenvalue weighted by molar-refractivity contribution is 5.68. The van der Waals surface area contributed by atoms with Crippen molar-refractivity contribution in [3.63, 3.8) is 0 Å². The van der Waals surface area contributed by atoms with Gasteiger partial charge in [-0.2, -0.15) is 0 Å². The molecule has 0 aliphatic carbocycles. The van der Waals surface area contributed by atoms with Gasteiger partial charge in [-0.25, -0.2) is 4.79 Å². The third-order valence-corrected chi connectivity index (χ3v) is 2.03. The molecular formula is C9H16N4O2. The van der Waals surface area contributed by atoms with Crippen LogP contribution < -0.4 is 0 Å². The summed E-state index contributed by atoms with van der Waals surface area (Å²) >= 11 is 0. The number of azide groups is 1. The fourth-order valence-corrected chi connectivity index (χ4v) is 1.40. The number of likely N-dealkylation sites (tertiary alicyclic amines) is 1. The van der Waals surface area contributed by atoms with Crippen molar-refractivity contribution in [1.29, 1.82) is 0 Å². The van der Waals surface area contributed by atoms with Crippen LogP contribution in [0.5, 0.6) is 0 Å². The molecule has 1 saturated heterocycles. The van der Waals surface area contributed by atoms with Gasteiger partial charge in [0, 0.05) is 18.0 Å². The number of hydrogen-bond donors (Lipinski definition) is 0. The monoisotopic (exact) mass is 212 g/mol. The molecule has 0 aromatic rings. The lowest BCUT2D eigenvalue weighted by Crippen LogP contribution is -2.35. The Bertz CT molecular complexity index is 291. The minimum absolute atomic E-state index is 0.109. The largest absolute Gasteiger partial charge is 0.444 e. The number of carbonyl (C=O) groups is 1. The fourth-order valence-electron chi connectivity index (χ4n) is 1.40. The lowest BCUT2D eigenvalue weighted by molar-refractivity contribution is 0.0293. The average Bonchev–Trinajstić information content (AvgIpc) is 2.50. The van der Waals surface area contributed by atoms with Gasteiger partial charge < -0.3 is 9.64 Å². The van der Waals surface area contributed by atoms with Gasteiger partial charge in [0.15, 0.2) is 0 Å². The first-order valence-electron chi connectivity index (χ1n) is 4.94. The van der Waals surface area contributed by atoms with Gasteiger partial charge in [-0.3, -0.25) is 0 Å². The van der Waals surface area contributed by atoms with Gasteiger partial charge >= 0.3 is 6.09 Å². The van der Waals surface area contributed by atoms with Gasteiger partial charge in [0.2, 0.25) is 0 Å². The van der Waals surface area contributed by atoms with Crippen LogP contribution in [0.2, 0.25) is 0 Å². The molecule has 1 rings (SSSR count). The van der Waals surface area contributed by atoms with E-state index in [0.29, 0.717) is 19.5 Å². The first-order valence-corrected chi connectivity index (χ1v) is 4.94. The van der Waals surface area contributed by atoms with Gasteiger partial charge in [0.25, 0.3) is 0 Å². The topological polar surface area (TPSA) is 78.3 Å². The number of rotatable bonds is 1. The van der Waals surface area contributed by atoms with Crippen LogP contribution in [-0.4, -0.2) is 35.7 Å². The fraction of sp³-hybridized carbons (Fsp3) is 0.889. The molecule has 15 heavy (non-hydrogen) atoms. The zero-order chi connectivity index (χ0) is 11.5. The molecule has 0 unspecified atom stereocenters.